The van der Waals surface area contributed by atoms with Crippen LogP contribution in [0.2, 0.25) is 0 Å². The van der Waals surface area contributed by atoms with Gasteiger partial charge in [0.05, 0.1) is 5.69 Å². The lowest BCUT2D eigenvalue weighted by Crippen LogP contribution is -1.77. The Morgan fingerprint density at radius 2 is 2.20 bits per heavy atom. The first-order valence-corrected chi connectivity index (χ1v) is 6.05. The topological polar surface area (TPSA) is 56.2 Å². The molecule has 0 spiro atoms. The third-order valence-electron chi connectivity index (χ3n) is 1.67. The van der Waals surface area contributed by atoms with Crippen LogP contribution in [-0.2, 0) is 0 Å². The van der Waals surface area contributed by atoms with Crippen molar-refractivity contribution in [3.8, 4) is 0 Å². The van der Waals surface area contributed by atoms with Crippen LogP contribution in [-0.4, -0.2) is 14.4 Å². The number of nitrogens with two attached hydrogens (primary N) is 1. The van der Waals surface area contributed by atoms with Crippen molar-refractivity contribution in [2.24, 2.45) is 0 Å². The molecule has 0 bridgehead atoms. The zero-order valence-corrected chi connectivity index (χ0v) is 9.76. The summed E-state index contributed by atoms with van der Waals surface area (Å²) in [4.78, 5) is 9.04. The highest BCUT2D eigenvalue weighted by atomic mass is 32.1. The quantitative estimate of drug-likeness (QED) is 0.654. The summed E-state index contributed by atoms with van der Waals surface area (Å²) in [6.45, 7) is 2.00. The molecule has 78 valence electrons. The van der Waals surface area contributed by atoms with E-state index in [-0.39, 0.29) is 0 Å². The summed E-state index contributed by atoms with van der Waals surface area (Å²) in [5.74, 6) is 0. The van der Waals surface area contributed by atoms with Crippen molar-refractivity contribution in [3.05, 3.63) is 35.0 Å². The molecule has 0 unspecified atom stereocenters. The molecule has 0 radical (unpaired) electrons. The average Bonchev–Trinajstić information content (AvgIpc) is 2.82. The third kappa shape index (κ3) is 2.54. The molecular formula is C9H10N4S2. The van der Waals surface area contributed by atoms with Crippen LogP contribution in [0.15, 0.2) is 29.4 Å². The van der Waals surface area contributed by atoms with Crippen LogP contribution in [0, 0.1) is 6.92 Å². The van der Waals surface area contributed by atoms with Crippen molar-refractivity contribution < 1.29 is 0 Å². The predicted molar refractivity (Wildman–Crippen MR) is 64.3 cm³/mol. The third-order valence-corrected chi connectivity index (χ3v) is 3.04. The van der Waals surface area contributed by atoms with Crippen LogP contribution in [0.1, 0.15) is 5.69 Å². The van der Waals surface area contributed by atoms with Gasteiger partial charge >= 0.3 is 0 Å². The lowest BCUT2D eigenvalue weighted by Gasteiger charge is -1.72. The molecule has 0 aliphatic heterocycles. The molecule has 0 aromatic carbocycles. The number of hydrogen-bond acceptors (Lipinski definition) is 5. The number of hydrogen-bond donors (Lipinski definition) is 1. The molecule has 2 N–H and O–H groups in total. The SMILES string of the molecule is Cc1cn2ccsc2n1.Nc1nccs1. The Labute approximate surface area is 95.0 Å². The van der Waals surface area contributed by atoms with E-state index in [1.165, 1.54) is 11.3 Å². The van der Waals surface area contributed by atoms with Crippen molar-refractivity contribution in [2.75, 3.05) is 5.73 Å². The molecule has 0 amide bonds. The van der Waals surface area contributed by atoms with Crippen LogP contribution in [0.4, 0.5) is 5.13 Å². The van der Waals surface area contributed by atoms with Gasteiger partial charge in [-0.15, -0.1) is 22.7 Å². The van der Waals surface area contributed by atoms with Gasteiger partial charge in [-0.1, -0.05) is 0 Å². The Bertz CT molecular complexity index is 495. The van der Waals surface area contributed by atoms with E-state index in [1.807, 2.05) is 34.5 Å². The van der Waals surface area contributed by atoms with E-state index < -0.39 is 0 Å². The highest BCUT2D eigenvalue weighted by Gasteiger charge is 1.94. The normalized spacial score (nSPS) is 9.93. The first-order valence-electron chi connectivity index (χ1n) is 4.29. The number of aromatic nitrogens is 3. The minimum absolute atomic E-state index is 0.634. The van der Waals surface area contributed by atoms with Crippen molar-refractivity contribution in [1.82, 2.24) is 14.4 Å². The Kier molecular flexibility index (Phi) is 2.98. The van der Waals surface area contributed by atoms with Crippen LogP contribution >= 0.6 is 22.7 Å². The van der Waals surface area contributed by atoms with Gasteiger partial charge < -0.3 is 5.73 Å². The lowest BCUT2D eigenvalue weighted by atomic mass is 10.6. The summed E-state index contributed by atoms with van der Waals surface area (Å²) in [5.41, 5.74) is 6.27. The average molecular weight is 238 g/mol. The molecule has 3 heterocycles. The molecule has 0 aliphatic rings. The molecule has 4 nitrogen and oxygen atoms in total. The van der Waals surface area contributed by atoms with Gasteiger partial charge in [0.15, 0.2) is 10.1 Å². The number of fused-ring (bicyclic) bond motifs is 1. The number of nitrogens with zero attached hydrogens (tertiary/aromatic N) is 3. The number of rotatable bonds is 0. The fourth-order valence-electron chi connectivity index (χ4n) is 1.08. The first kappa shape index (κ1) is 10.1. The van der Waals surface area contributed by atoms with E-state index in [4.69, 9.17) is 5.73 Å². The molecule has 3 aromatic heterocycles. The molecule has 6 heteroatoms. The number of anilines is 1. The molecule has 0 saturated heterocycles. The second-order valence-electron chi connectivity index (χ2n) is 2.85. The number of nitrogen functional groups attached to an aromatic ring is 1. The maximum absolute atomic E-state index is 5.19. The second-order valence-corrected chi connectivity index (χ2v) is 4.64. The Balaban J connectivity index is 0.000000124. The zero-order chi connectivity index (χ0) is 10.7. The molecule has 0 aliphatic carbocycles. The maximum atomic E-state index is 5.19. The molecule has 0 atom stereocenters. The standard InChI is InChI=1S/C6H6N2S.C3H4N2S/c1-5-4-8-2-3-9-6(8)7-5;4-3-5-1-2-6-3/h2-4H,1H3;1-2H,(H2,4,5). The minimum atomic E-state index is 0.634. The Morgan fingerprint density at radius 1 is 1.33 bits per heavy atom. The summed E-state index contributed by atoms with van der Waals surface area (Å²) in [7, 11) is 0. The van der Waals surface area contributed by atoms with Crippen LogP contribution < -0.4 is 5.73 Å². The van der Waals surface area contributed by atoms with Crippen LogP contribution in [0.5, 0.6) is 0 Å². The molecule has 3 aromatic rings. The van der Waals surface area contributed by atoms with Gasteiger partial charge in [0.1, 0.15) is 0 Å². The van der Waals surface area contributed by atoms with Gasteiger partial charge in [-0.25, -0.2) is 9.97 Å². The fraction of sp³-hybridized carbons (Fsp3) is 0.111. The summed E-state index contributed by atoms with van der Waals surface area (Å²) < 4.78 is 2.03. The van der Waals surface area contributed by atoms with Gasteiger partial charge in [0, 0.05) is 29.4 Å². The number of aryl methyl sites for hydroxylation is 1. The van der Waals surface area contributed by atoms with Gasteiger partial charge in [-0.2, -0.15) is 0 Å². The van der Waals surface area contributed by atoms with Crippen molar-refractivity contribution >= 4 is 32.8 Å². The van der Waals surface area contributed by atoms with Gasteiger partial charge in [-0.3, -0.25) is 4.40 Å². The highest BCUT2D eigenvalue weighted by Crippen LogP contribution is 2.09. The highest BCUT2D eigenvalue weighted by molar-refractivity contribution is 7.15. The molecule has 3 rings (SSSR count). The van der Waals surface area contributed by atoms with Crippen LogP contribution in [0.25, 0.3) is 4.96 Å². The molecular weight excluding hydrogens is 228 g/mol. The molecule has 0 fully saturated rings. The predicted octanol–water partition coefficient (Wildman–Crippen LogP) is 2.43. The smallest absolute Gasteiger partial charge is 0.193 e. The molecule has 15 heavy (non-hydrogen) atoms. The van der Waals surface area contributed by atoms with Crippen molar-refractivity contribution in [3.63, 3.8) is 0 Å². The van der Waals surface area contributed by atoms with Crippen LogP contribution in [0.3, 0.4) is 0 Å². The second kappa shape index (κ2) is 4.41. The van der Waals surface area contributed by atoms with E-state index in [9.17, 15) is 0 Å². The van der Waals surface area contributed by atoms with E-state index in [0.29, 0.717) is 5.13 Å². The van der Waals surface area contributed by atoms with E-state index in [0.717, 1.165) is 10.7 Å². The summed E-state index contributed by atoms with van der Waals surface area (Å²) >= 11 is 3.10. The first-order chi connectivity index (χ1) is 7.25. The van der Waals surface area contributed by atoms with Gasteiger partial charge in [0.2, 0.25) is 0 Å². The summed E-state index contributed by atoms with van der Waals surface area (Å²) in [6, 6.07) is 0. The van der Waals surface area contributed by atoms with Gasteiger partial charge in [0.25, 0.3) is 0 Å². The Hall–Kier alpha value is -1.40. The van der Waals surface area contributed by atoms with Crippen molar-refractivity contribution in [2.45, 2.75) is 6.92 Å². The monoisotopic (exact) mass is 238 g/mol. The maximum Gasteiger partial charge on any atom is 0.193 e. The van der Waals surface area contributed by atoms with E-state index in [2.05, 4.69) is 9.97 Å². The summed E-state index contributed by atoms with van der Waals surface area (Å²) in [6.07, 6.45) is 5.71. The van der Waals surface area contributed by atoms with E-state index in [1.54, 1.807) is 17.5 Å². The largest absolute Gasteiger partial charge is 0.375 e. The van der Waals surface area contributed by atoms with E-state index >= 15 is 0 Å². The fourth-order valence-corrected chi connectivity index (χ4v) is 2.21. The Morgan fingerprint density at radius 3 is 2.73 bits per heavy atom. The van der Waals surface area contributed by atoms with Gasteiger partial charge in [-0.05, 0) is 6.92 Å². The molecule has 0 saturated carbocycles. The lowest BCUT2D eigenvalue weighted by molar-refractivity contribution is 1.22. The number of thiazole rings is 2. The number of imidazole rings is 1. The van der Waals surface area contributed by atoms with Crippen molar-refractivity contribution in [1.29, 1.82) is 0 Å². The summed E-state index contributed by atoms with van der Waals surface area (Å²) in [5, 5.41) is 4.51. The minimum Gasteiger partial charge on any atom is -0.375 e. The zero-order valence-electron chi connectivity index (χ0n) is 8.12.